The maximum atomic E-state index is 9.97. The molecule has 0 aromatic rings. The monoisotopic (exact) mass is 339 g/mol. The first-order valence-corrected chi connectivity index (χ1v) is 10.1. The van der Waals surface area contributed by atoms with Crippen molar-refractivity contribution in [1.82, 2.24) is 5.32 Å². The van der Waals surface area contributed by atoms with Crippen LogP contribution in [0.4, 0.5) is 0 Å². The van der Waals surface area contributed by atoms with Gasteiger partial charge < -0.3 is 15.5 Å². The van der Waals surface area contributed by atoms with Crippen LogP contribution in [0.15, 0.2) is 24.8 Å². The fraction of sp³-hybridized carbons (Fsp3) is 0.810. The van der Waals surface area contributed by atoms with Gasteiger partial charge in [0.1, 0.15) is 0 Å². The van der Waals surface area contributed by atoms with E-state index in [2.05, 4.69) is 18.8 Å². The van der Waals surface area contributed by atoms with E-state index in [0.29, 0.717) is 6.54 Å². The Hall–Kier alpha value is -0.640. The summed E-state index contributed by atoms with van der Waals surface area (Å²) in [5.41, 5.74) is 0. The van der Waals surface area contributed by atoms with Crippen LogP contribution in [-0.2, 0) is 0 Å². The van der Waals surface area contributed by atoms with Crippen LogP contribution in [0.5, 0.6) is 0 Å². The number of hydrogen-bond donors (Lipinski definition) is 3. The average molecular weight is 340 g/mol. The summed E-state index contributed by atoms with van der Waals surface area (Å²) in [7, 11) is 0. The minimum atomic E-state index is -0.636. The molecule has 3 nitrogen and oxygen atoms in total. The van der Waals surface area contributed by atoms with Crippen molar-refractivity contribution < 1.29 is 10.2 Å². The van der Waals surface area contributed by atoms with Gasteiger partial charge in [-0.2, -0.15) is 0 Å². The van der Waals surface area contributed by atoms with Crippen molar-refractivity contribution in [1.29, 1.82) is 0 Å². The number of unbranched alkanes of at least 4 members (excludes halogenated alkanes) is 11. The van der Waals surface area contributed by atoms with E-state index in [0.717, 1.165) is 6.42 Å². The Morgan fingerprint density at radius 2 is 1.46 bits per heavy atom. The summed E-state index contributed by atoms with van der Waals surface area (Å²) in [5, 5.41) is 22.3. The zero-order valence-corrected chi connectivity index (χ0v) is 15.9. The molecule has 0 aliphatic rings. The van der Waals surface area contributed by atoms with Crippen molar-refractivity contribution in [2.75, 3.05) is 13.2 Å². The SMILES string of the molecule is C=CCNC(CO)C(O)C=CCCCCCCCCCCCCC. The summed E-state index contributed by atoms with van der Waals surface area (Å²) in [6.45, 7) is 6.41. The smallest absolute Gasteiger partial charge is 0.0896 e. The molecule has 2 unspecified atom stereocenters. The summed E-state index contributed by atoms with van der Waals surface area (Å²) in [4.78, 5) is 0. The first-order valence-electron chi connectivity index (χ1n) is 10.1. The van der Waals surface area contributed by atoms with Gasteiger partial charge >= 0.3 is 0 Å². The third kappa shape index (κ3) is 14.9. The quantitative estimate of drug-likeness (QED) is 0.250. The highest BCUT2D eigenvalue weighted by atomic mass is 16.3. The first kappa shape index (κ1) is 23.4. The van der Waals surface area contributed by atoms with E-state index in [1.165, 1.54) is 70.6 Å². The molecule has 0 aliphatic heterocycles. The Balaban J connectivity index is 3.43. The van der Waals surface area contributed by atoms with E-state index in [1.54, 1.807) is 12.2 Å². The minimum Gasteiger partial charge on any atom is -0.395 e. The molecule has 24 heavy (non-hydrogen) atoms. The van der Waals surface area contributed by atoms with E-state index in [1.807, 2.05) is 6.08 Å². The Morgan fingerprint density at radius 3 is 1.96 bits per heavy atom. The van der Waals surface area contributed by atoms with Gasteiger partial charge in [0.25, 0.3) is 0 Å². The number of allylic oxidation sites excluding steroid dienone is 1. The van der Waals surface area contributed by atoms with Gasteiger partial charge in [-0.25, -0.2) is 0 Å². The topological polar surface area (TPSA) is 52.5 Å². The van der Waals surface area contributed by atoms with Crippen LogP contribution < -0.4 is 5.32 Å². The summed E-state index contributed by atoms with van der Waals surface area (Å²) in [6.07, 6.45) is 20.8. The molecule has 0 amide bonds. The first-order chi connectivity index (χ1) is 11.8. The zero-order chi connectivity index (χ0) is 17.9. The molecule has 3 N–H and O–H groups in total. The van der Waals surface area contributed by atoms with Gasteiger partial charge in [0.05, 0.1) is 18.8 Å². The lowest BCUT2D eigenvalue weighted by Gasteiger charge is -2.18. The van der Waals surface area contributed by atoms with Crippen LogP contribution in [0.3, 0.4) is 0 Å². The summed E-state index contributed by atoms with van der Waals surface area (Å²) < 4.78 is 0. The van der Waals surface area contributed by atoms with Gasteiger partial charge in [0.2, 0.25) is 0 Å². The van der Waals surface area contributed by atoms with E-state index < -0.39 is 6.10 Å². The van der Waals surface area contributed by atoms with Gasteiger partial charge in [0.15, 0.2) is 0 Å². The summed E-state index contributed by atoms with van der Waals surface area (Å²) in [6, 6.07) is -0.309. The van der Waals surface area contributed by atoms with Crippen molar-refractivity contribution in [2.24, 2.45) is 0 Å². The molecule has 0 rings (SSSR count). The van der Waals surface area contributed by atoms with Gasteiger partial charge in [-0.05, 0) is 12.8 Å². The van der Waals surface area contributed by atoms with Crippen LogP contribution in [0.25, 0.3) is 0 Å². The van der Waals surface area contributed by atoms with Crippen molar-refractivity contribution in [3.05, 3.63) is 24.8 Å². The van der Waals surface area contributed by atoms with Gasteiger partial charge in [-0.3, -0.25) is 0 Å². The van der Waals surface area contributed by atoms with E-state index in [4.69, 9.17) is 0 Å². The van der Waals surface area contributed by atoms with Crippen LogP contribution in [0, 0.1) is 0 Å². The fourth-order valence-corrected chi connectivity index (χ4v) is 2.82. The van der Waals surface area contributed by atoms with E-state index in [-0.39, 0.29) is 12.6 Å². The molecule has 0 saturated carbocycles. The molecule has 0 saturated heterocycles. The van der Waals surface area contributed by atoms with Crippen LogP contribution in [0.1, 0.15) is 84.0 Å². The molecule has 0 bridgehead atoms. The molecule has 0 heterocycles. The van der Waals surface area contributed by atoms with Gasteiger partial charge in [-0.1, -0.05) is 89.4 Å². The highest BCUT2D eigenvalue weighted by Crippen LogP contribution is 2.12. The predicted molar refractivity (Wildman–Crippen MR) is 105 cm³/mol. The van der Waals surface area contributed by atoms with Crippen molar-refractivity contribution in [3.63, 3.8) is 0 Å². The molecule has 0 aromatic carbocycles. The van der Waals surface area contributed by atoms with Crippen molar-refractivity contribution >= 4 is 0 Å². The zero-order valence-electron chi connectivity index (χ0n) is 15.9. The Bertz CT molecular complexity index is 292. The van der Waals surface area contributed by atoms with Crippen LogP contribution in [-0.4, -0.2) is 35.5 Å². The maximum absolute atomic E-state index is 9.97. The van der Waals surface area contributed by atoms with E-state index >= 15 is 0 Å². The Kier molecular flexibility index (Phi) is 18.2. The standard InChI is InChI=1S/C21H41NO2/c1-3-5-6-7-8-9-10-11-12-13-14-15-16-17-21(24)20(19-23)22-18-4-2/h4,16-17,20-24H,2-3,5-15,18-19H2,1H3. The van der Waals surface area contributed by atoms with Crippen molar-refractivity contribution in [3.8, 4) is 0 Å². The fourth-order valence-electron chi connectivity index (χ4n) is 2.82. The number of rotatable bonds is 18. The Morgan fingerprint density at radius 1 is 0.917 bits per heavy atom. The second kappa shape index (κ2) is 18.7. The second-order valence-electron chi connectivity index (χ2n) is 6.73. The lowest BCUT2D eigenvalue weighted by Crippen LogP contribution is -2.41. The number of aliphatic hydroxyl groups is 2. The predicted octanol–water partition coefficient (Wildman–Crippen LogP) is 4.74. The lowest BCUT2D eigenvalue weighted by molar-refractivity contribution is 0.125. The number of hydrogen-bond acceptors (Lipinski definition) is 3. The normalized spacial score (nSPS) is 14.1. The molecular formula is C21H41NO2. The van der Waals surface area contributed by atoms with Crippen LogP contribution >= 0.6 is 0 Å². The lowest BCUT2D eigenvalue weighted by atomic mass is 10.0. The molecule has 0 aliphatic carbocycles. The number of nitrogens with one attached hydrogen (secondary N) is 1. The molecule has 0 aromatic heterocycles. The van der Waals surface area contributed by atoms with Gasteiger partial charge in [-0.15, -0.1) is 6.58 Å². The largest absolute Gasteiger partial charge is 0.395 e. The summed E-state index contributed by atoms with van der Waals surface area (Å²) >= 11 is 0. The highest BCUT2D eigenvalue weighted by molar-refractivity contribution is 4.95. The average Bonchev–Trinajstić information content (AvgIpc) is 2.59. The molecule has 142 valence electrons. The second-order valence-corrected chi connectivity index (χ2v) is 6.73. The third-order valence-corrected chi connectivity index (χ3v) is 4.44. The molecule has 3 heteroatoms. The van der Waals surface area contributed by atoms with Crippen molar-refractivity contribution in [2.45, 2.75) is 96.1 Å². The molecular weight excluding hydrogens is 298 g/mol. The summed E-state index contributed by atoms with van der Waals surface area (Å²) in [5.74, 6) is 0. The molecule has 2 atom stereocenters. The van der Waals surface area contributed by atoms with Gasteiger partial charge in [0, 0.05) is 6.54 Å². The maximum Gasteiger partial charge on any atom is 0.0896 e. The van der Waals surface area contributed by atoms with Crippen LogP contribution in [0.2, 0.25) is 0 Å². The Labute approximate surface area is 150 Å². The molecule has 0 spiro atoms. The third-order valence-electron chi connectivity index (χ3n) is 4.44. The highest BCUT2D eigenvalue weighted by Gasteiger charge is 2.13. The molecule has 0 radical (unpaired) electrons. The van der Waals surface area contributed by atoms with E-state index in [9.17, 15) is 10.2 Å². The number of aliphatic hydroxyl groups excluding tert-OH is 2. The molecule has 0 fully saturated rings. The minimum absolute atomic E-state index is 0.0716.